The number of hydrogen-bond donors (Lipinski definition) is 2. The van der Waals surface area contributed by atoms with Crippen LogP contribution in [0, 0.1) is 3.57 Å². The van der Waals surface area contributed by atoms with Crippen LogP contribution in [0.15, 0.2) is 47.4 Å². The minimum atomic E-state index is -2.02. The molecule has 0 bridgehead atoms. The van der Waals surface area contributed by atoms with Gasteiger partial charge in [0.15, 0.2) is 11.1 Å². The van der Waals surface area contributed by atoms with E-state index in [-0.39, 0.29) is 10.8 Å². The van der Waals surface area contributed by atoms with Crippen molar-refractivity contribution in [2.24, 2.45) is 0 Å². The van der Waals surface area contributed by atoms with Gasteiger partial charge >= 0.3 is 0 Å². The fraction of sp³-hybridized carbons (Fsp3) is 0.0714. The molecule has 110 valence electrons. The maximum absolute atomic E-state index is 12.1. The molecule has 0 aliphatic heterocycles. The second-order valence-electron chi connectivity index (χ2n) is 4.08. The molecule has 0 spiro atoms. The first-order chi connectivity index (χ1) is 10.0. The minimum Gasteiger partial charge on any atom is -0.496 e. The Kier molecular flexibility index (Phi) is 5.32. The minimum absolute atomic E-state index is 0.256. The van der Waals surface area contributed by atoms with E-state index in [2.05, 4.69) is 27.9 Å². The zero-order chi connectivity index (χ0) is 15.4. The number of carbonyl (C=O) groups is 1. The van der Waals surface area contributed by atoms with Gasteiger partial charge in [0.25, 0.3) is 5.91 Å². The van der Waals surface area contributed by atoms with Gasteiger partial charge in [-0.05, 0) is 65.1 Å². The molecule has 0 fully saturated rings. The van der Waals surface area contributed by atoms with Gasteiger partial charge in [0.1, 0.15) is 5.75 Å². The van der Waals surface area contributed by atoms with Crippen LogP contribution in [-0.2, 0) is 11.1 Å². The van der Waals surface area contributed by atoms with Crippen LogP contribution < -0.4 is 10.1 Å². The van der Waals surface area contributed by atoms with E-state index in [9.17, 15) is 9.00 Å². The van der Waals surface area contributed by atoms with Crippen molar-refractivity contribution in [2.75, 3.05) is 12.4 Å². The van der Waals surface area contributed by atoms with Crippen molar-refractivity contribution < 1.29 is 18.3 Å². The summed E-state index contributed by atoms with van der Waals surface area (Å²) in [4.78, 5) is 12.4. The predicted octanol–water partition coefficient (Wildman–Crippen LogP) is 3.13. The number of methoxy groups -OCH3 is 1. The number of halogens is 1. The summed E-state index contributed by atoms with van der Waals surface area (Å²) in [7, 11) is 1.57. The maximum Gasteiger partial charge on any atom is 0.255 e. The van der Waals surface area contributed by atoms with Crippen LogP contribution in [0.2, 0.25) is 0 Å². The van der Waals surface area contributed by atoms with Crippen LogP contribution in [0.4, 0.5) is 5.69 Å². The molecule has 1 atom stereocenters. The monoisotopic (exact) mass is 417 g/mol. The molecular formula is C14H12INO4S. The van der Waals surface area contributed by atoms with E-state index in [1.165, 1.54) is 12.1 Å². The summed E-state index contributed by atoms with van der Waals surface area (Å²) in [5.74, 6) is 0.454. The SMILES string of the molecule is COc1ccc(C(=O)Nc2ccc(S(=O)O)cc2)cc1I. The van der Waals surface area contributed by atoms with Crippen molar-refractivity contribution in [2.45, 2.75) is 4.90 Å². The average Bonchev–Trinajstić information content (AvgIpc) is 2.47. The molecule has 0 radical (unpaired) electrons. The van der Waals surface area contributed by atoms with E-state index in [0.29, 0.717) is 17.0 Å². The second-order valence-corrected chi connectivity index (χ2v) is 6.21. The molecule has 0 aromatic heterocycles. The summed E-state index contributed by atoms with van der Waals surface area (Å²) in [6.45, 7) is 0. The molecule has 0 aliphatic carbocycles. The molecular weight excluding hydrogens is 405 g/mol. The fourth-order valence-corrected chi connectivity index (χ4v) is 2.77. The molecule has 0 heterocycles. The van der Waals surface area contributed by atoms with Crippen LogP contribution in [0.25, 0.3) is 0 Å². The van der Waals surface area contributed by atoms with Gasteiger partial charge in [0.05, 0.1) is 15.6 Å². The van der Waals surface area contributed by atoms with Crippen molar-refractivity contribution >= 4 is 45.3 Å². The fourth-order valence-electron chi connectivity index (χ4n) is 1.67. The molecule has 7 heteroatoms. The number of nitrogens with one attached hydrogen (secondary N) is 1. The molecule has 5 nitrogen and oxygen atoms in total. The summed E-state index contributed by atoms with van der Waals surface area (Å²) >= 11 is 0.0750. The quantitative estimate of drug-likeness (QED) is 0.592. The van der Waals surface area contributed by atoms with Gasteiger partial charge in [-0.15, -0.1) is 0 Å². The van der Waals surface area contributed by atoms with Crippen LogP contribution in [0.1, 0.15) is 10.4 Å². The summed E-state index contributed by atoms with van der Waals surface area (Å²) in [6.07, 6.45) is 0. The molecule has 2 rings (SSSR count). The largest absolute Gasteiger partial charge is 0.496 e. The number of benzene rings is 2. The zero-order valence-corrected chi connectivity index (χ0v) is 14.0. The number of hydrogen-bond acceptors (Lipinski definition) is 3. The highest BCUT2D eigenvalue weighted by molar-refractivity contribution is 14.1. The molecule has 21 heavy (non-hydrogen) atoms. The lowest BCUT2D eigenvalue weighted by atomic mass is 10.2. The van der Waals surface area contributed by atoms with Crippen molar-refractivity contribution in [3.63, 3.8) is 0 Å². The summed E-state index contributed by atoms with van der Waals surface area (Å²) in [5, 5.41) is 2.73. The third kappa shape index (κ3) is 4.02. The van der Waals surface area contributed by atoms with Crippen molar-refractivity contribution in [1.82, 2.24) is 0 Å². The number of anilines is 1. The second kappa shape index (κ2) is 7.01. The third-order valence-electron chi connectivity index (χ3n) is 2.73. The van der Waals surface area contributed by atoms with E-state index in [0.717, 1.165) is 3.57 Å². The van der Waals surface area contributed by atoms with Gasteiger partial charge in [-0.25, -0.2) is 4.21 Å². The van der Waals surface area contributed by atoms with Gasteiger partial charge in [0.2, 0.25) is 0 Å². The maximum atomic E-state index is 12.1. The molecule has 0 saturated heterocycles. The highest BCUT2D eigenvalue weighted by Gasteiger charge is 2.09. The normalized spacial score (nSPS) is 11.8. The summed E-state index contributed by atoms with van der Waals surface area (Å²) < 4.78 is 25.8. The highest BCUT2D eigenvalue weighted by atomic mass is 127. The van der Waals surface area contributed by atoms with Crippen LogP contribution >= 0.6 is 22.6 Å². The molecule has 0 aliphatic rings. The smallest absolute Gasteiger partial charge is 0.255 e. The van der Waals surface area contributed by atoms with Gasteiger partial charge in [-0.2, -0.15) is 0 Å². The van der Waals surface area contributed by atoms with E-state index >= 15 is 0 Å². The Hall–Kier alpha value is -1.45. The van der Waals surface area contributed by atoms with Gasteiger partial charge in [-0.3, -0.25) is 4.79 Å². The molecule has 2 aromatic carbocycles. The molecule has 2 N–H and O–H groups in total. The zero-order valence-electron chi connectivity index (χ0n) is 11.0. The number of amides is 1. The molecule has 2 aromatic rings. The number of carbonyl (C=O) groups excluding carboxylic acids is 1. The van der Waals surface area contributed by atoms with E-state index < -0.39 is 11.1 Å². The van der Waals surface area contributed by atoms with Crippen molar-refractivity contribution in [3.8, 4) is 5.75 Å². The lowest BCUT2D eigenvalue weighted by molar-refractivity contribution is 0.102. The Bertz CT molecular complexity index is 688. The first kappa shape index (κ1) is 15.9. The van der Waals surface area contributed by atoms with E-state index in [4.69, 9.17) is 9.29 Å². The molecule has 0 saturated carbocycles. The lowest BCUT2D eigenvalue weighted by Crippen LogP contribution is -2.12. The summed E-state index contributed by atoms with van der Waals surface area (Å²) in [6, 6.07) is 11.3. The predicted molar refractivity (Wildman–Crippen MR) is 89.1 cm³/mol. The summed E-state index contributed by atoms with van der Waals surface area (Å²) in [5.41, 5.74) is 1.06. The van der Waals surface area contributed by atoms with Crippen LogP contribution in [-0.4, -0.2) is 21.8 Å². The highest BCUT2D eigenvalue weighted by Crippen LogP contribution is 2.22. The topological polar surface area (TPSA) is 75.6 Å². The van der Waals surface area contributed by atoms with Gasteiger partial charge in [0, 0.05) is 11.3 Å². The van der Waals surface area contributed by atoms with Crippen molar-refractivity contribution in [3.05, 3.63) is 51.6 Å². The average molecular weight is 417 g/mol. The molecule has 1 amide bonds. The standard InChI is InChI=1S/C14H12INO4S/c1-20-13-7-2-9(8-12(13)15)14(17)16-10-3-5-11(6-4-10)21(18)19/h2-8H,1H3,(H,16,17)(H,18,19). The first-order valence-electron chi connectivity index (χ1n) is 5.87. The van der Waals surface area contributed by atoms with E-state index in [1.54, 1.807) is 37.4 Å². The van der Waals surface area contributed by atoms with E-state index in [1.807, 2.05) is 0 Å². The Morgan fingerprint density at radius 1 is 1.24 bits per heavy atom. The number of ether oxygens (including phenoxy) is 1. The van der Waals surface area contributed by atoms with Crippen molar-refractivity contribution in [1.29, 1.82) is 0 Å². The Labute approximate surface area is 138 Å². The van der Waals surface area contributed by atoms with Crippen LogP contribution in [0.5, 0.6) is 5.75 Å². The lowest BCUT2D eigenvalue weighted by Gasteiger charge is -2.08. The first-order valence-corrected chi connectivity index (χ1v) is 8.05. The van der Waals surface area contributed by atoms with Gasteiger partial charge < -0.3 is 14.6 Å². The third-order valence-corrected chi connectivity index (χ3v) is 4.25. The molecule has 1 unspecified atom stereocenters. The number of rotatable bonds is 4. The Balaban J connectivity index is 2.14. The van der Waals surface area contributed by atoms with Crippen LogP contribution in [0.3, 0.4) is 0 Å². The Morgan fingerprint density at radius 2 is 1.90 bits per heavy atom. The van der Waals surface area contributed by atoms with Gasteiger partial charge in [-0.1, -0.05) is 0 Å². The Morgan fingerprint density at radius 3 is 2.43 bits per heavy atom.